The number of carboxylic acid groups (broad SMARTS) is 1. The Morgan fingerprint density at radius 3 is 1.68 bits per heavy atom. The van der Waals surface area contributed by atoms with E-state index in [4.69, 9.17) is 0 Å². The molecule has 138 valence electrons. The summed E-state index contributed by atoms with van der Waals surface area (Å²) in [5.74, 6) is -1.50. The highest BCUT2D eigenvalue weighted by Gasteiger charge is 2.16. The van der Waals surface area contributed by atoms with E-state index in [1.54, 1.807) is 12.2 Å². The fraction of sp³-hybridized carbons (Fsp3) is 0. The third-order valence-corrected chi connectivity index (χ3v) is 4.66. The van der Waals surface area contributed by atoms with Crippen LogP contribution < -0.4 is 21.4 Å². The number of rotatable bonds is 1. The number of aromatic hydroxyl groups is 1. The normalized spacial score (nSPS) is 12.4. The number of aromatic nitrogens is 4. The molecular formula is C21H16N4O3. The van der Waals surface area contributed by atoms with E-state index in [2.05, 4.69) is 19.9 Å². The number of hydrogen-bond donors (Lipinski definition) is 6. The lowest BCUT2D eigenvalue weighted by Crippen LogP contribution is -2.15. The summed E-state index contributed by atoms with van der Waals surface area (Å²) in [6.45, 7) is 0. The molecule has 0 saturated heterocycles. The lowest BCUT2D eigenvalue weighted by Gasteiger charge is -1.91. The second-order valence-electron chi connectivity index (χ2n) is 6.67. The first-order valence-electron chi connectivity index (χ1n) is 8.69. The van der Waals surface area contributed by atoms with E-state index in [1.165, 1.54) is 0 Å². The molecule has 0 amide bonds. The van der Waals surface area contributed by atoms with Crippen LogP contribution in [0.25, 0.3) is 24.3 Å². The predicted octanol–water partition coefficient (Wildman–Crippen LogP) is 0.0314. The third kappa shape index (κ3) is 2.75. The van der Waals surface area contributed by atoms with Crippen LogP contribution in [0.2, 0.25) is 0 Å². The monoisotopic (exact) mass is 372 g/mol. The molecule has 0 spiro atoms. The SMILES string of the molecule is O=C(O)c1c(O)c2[nH]c1=Cc1ccc([nH]1)C=c1ccc([nH]1)=Cc1ccc([nH]1)C=2. The van der Waals surface area contributed by atoms with Crippen LogP contribution in [-0.4, -0.2) is 36.1 Å². The van der Waals surface area contributed by atoms with E-state index < -0.39 is 5.97 Å². The molecule has 28 heavy (non-hydrogen) atoms. The van der Waals surface area contributed by atoms with Crippen LogP contribution in [0.5, 0.6) is 5.75 Å². The van der Waals surface area contributed by atoms with Gasteiger partial charge in [0.2, 0.25) is 0 Å². The highest BCUT2D eigenvalue weighted by Crippen LogP contribution is 2.10. The van der Waals surface area contributed by atoms with Crippen LogP contribution in [0.1, 0.15) is 33.1 Å². The van der Waals surface area contributed by atoms with Crippen molar-refractivity contribution in [3.8, 4) is 5.75 Å². The molecule has 5 heterocycles. The zero-order chi connectivity index (χ0) is 19.3. The summed E-state index contributed by atoms with van der Waals surface area (Å²) in [6, 6.07) is 11.5. The Morgan fingerprint density at radius 1 is 0.643 bits per heavy atom. The predicted molar refractivity (Wildman–Crippen MR) is 105 cm³/mol. The van der Waals surface area contributed by atoms with Crippen LogP contribution in [0.3, 0.4) is 0 Å². The van der Waals surface area contributed by atoms with Crippen LogP contribution in [0, 0.1) is 0 Å². The van der Waals surface area contributed by atoms with Gasteiger partial charge < -0.3 is 30.1 Å². The number of hydrogen-bond acceptors (Lipinski definition) is 2. The van der Waals surface area contributed by atoms with Crippen molar-refractivity contribution in [2.24, 2.45) is 0 Å². The van der Waals surface area contributed by atoms with Crippen molar-refractivity contribution < 1.29 is 15.0 Å². The Morgan fingerprint density at radius 2 is 1.14 bits per heavy atom. The van der Waals surface area contributed by atoms with Gasteiger partial charge in [0, 0.05) is 33.5 Å². The second kappa shape index (κ2) is 5.95. The Labute approximate surface area is 157 Å². The van der Waals surface area contributed by atoms with E-state index in [0.717, 1.165) is 27.8 Å². The quantitative estimate of drug-likeness (QED) is 0.249. The summed E-state index contributed by atoms with van der Waals surface area (Å²) in [7, 11) is 0. The molecule has 0 aromatic carbocycles. The minimum atomic E-state index is -1.20. The molecular weight excluding hydrogens is 356 g/mol. The summed E-state index contributed by atoms with van der Waals surface area (Å²) < 4.78 is 0. The van der Waals surface area contributed by atoms with E-state index in [0.29, 0.717) is 16.4 Å². The Kier molecular flexibility index (Phi) is 3.42. The van der Waals surface area contributed by atoms with Gasteiger partial charge in [-0.25, -0.2) is 4.79 Å². The van der Waals surface area contributed by atoms with Crippen LogP contribution >= 0.6 is 0 Å². The van der Waals surface area contributed by atoms with Gasteiger partial charge in [-0.2, -0.15) is 0 Å². The minimum Gasteiger partial charge on any atom is -0.505 e. The number of H-pyrrole nitrogens is 4. The number of aromatic carboxylic acids is 1. The van der Waals surface area contributed by atoms with Gasteiger partial charge in [0.15, 0.2) is 5.75 Å². The molecule has 1 aliphatic heterocycles. The molecule has 4 aromatic heterocycles. The van der Waals surface area contributed by atoms with Gasteiger partial charge >= 0.3 is 5.97 Å². The van der Waals surface area contributed by atoms with Crippen molar-refractivity contribution in [2.45, 2.75) is 0 Å². The van der Waals surface area contributed by atoms with Gasteiger partial charge in [0.25, 0.3) is 0 Å². The van der Waals surface area contributed by atoms with Gasteiger partial charge in [-0.05, 0) is 60.7 Å². The molecule has 4 aromatic rings. The van der Waals surface area contributed by atoms with Gasteiger partial charge in [-0.15, -0.1) is 0 Å². The van der Waals surface area contributed by atoms with E-state index in [9.17, 15) is 15.0 Å². The van der Waals surface area contributed by atoms with Crippen LogP contribution in [0.15, 0.2) is 36.4 Å². The summed E-state index contributed by atoms with van der Waals surface area (Å²) >= 11 is 0. The van der Waals surface area contributed by atoms with Crippen molar-refractivity contribution in [3.05, 3.63) is 86.1 Å². The van der Waals surface area contributed by atoms with Crippen molar-refractivity contribution in [1.29, 1.82) is 0 Å². The molecule has 1 aliphatic rings. The lowest BCUT2D eigenvalue weighted by molar-refractivity contribution is 0.0693. The van der Waals surface area contributed by atoms with Gasteiger partial charge in [0.1, 0.15) is 5.56 Å². The molecule has 8 bridgehead atoms. The molecule has 7 nitrogen and oxygen atoms in total. The van der Waals surface area contributed by atoms with Gasteiger partial charge in [0.05, 0.1) is 10.7 Å². The highest BCUT2D eigenvalue weighted by molar-refractivity contribution is 5.91. The maximum Gasteiger partial charge on any atom is 0.341 e. The number of aromatic amines is 4. The third-order valence-electron chi connectivity index (χ3n) is 4.66. The van der Waals surface area contributed by atoms with Crippen LogP contribution in [-0.2, 0) is 0 Å². The fourth-order valence-corrected chi connectivity index (χ4v) is 3.40. The number of carbonyl (C=O) groups is 1. The maximum absolute atomic E-state index is 11.7. The van der Waals surface area contributed by atoms with Gasteiger partial charge in [-0.1, -0.05) is 0 Å². The average molecular weight is 372 g/mol. The van der Waals surface area contributed by atoms with E-state index >= 15 is 0 Å². The smallest absolute Gasteiger partial charge is 0.341 e. The van der Waals surface area contributed by atoms with Crippen molar-refractivity contribution >= 4 is 30.3 Å². The number of carboxylic acids is 1. The van der Waals surface area contributed by atoms with E-state index in [-0.39, 0.29) is 11.3 Å². The largest absolute Gasteiger partial charge is 0.505 e. The summed E-state index contributed by atoms with van der Waals surface area (Å²) in [5, 5.41) is 22.5. The van der Waals surface area contributed by atoms with Crippen LogP contribution in [0.4, 0.5) is 0 Å². The Balaban J connectivity index is 1.85. The molecule has 0 saturated carbocycles. The van der Waals surface area contributed by atoms with Crippen molar-refractivity contribution in [3.63, 3.8) is 0 Å². The Bertz CT molecular complexity index is 1460. The molecule has 0 radical (unpaired) electrons. The van der Waals surface area contributed by atoms with Crippen molar-refractivity contribution in [1.82, 2.24) is 19.9 Å². The first-order valence-corrected chi connectivity index (χ1v) is 8.69. The first kappa shape index (κ1) is 16.1. The number of nitrogens with one attached hydrogen (secondary N) is 4. The summed E-state index contributed by atoms with van der Waals surface area (Å²) in [6.07, 6.45) is 7.27. The molecule has 0 fully saturated rings. The molecule has 0 aliphatic carbocycles. The zero-order valence-corrected chi connectivity index (χ0v) is 14.6. The van der Waals surface area contributed by atoms with Crippen molar-refractivity contribution in [2.75, 3.05) is 0 Å². The topological polar surface area (TPSA) is 121 Å². The first-order chi connectivity index (χ1) is 13.5. The highest BCUT2D eigenvalue weighted by atomic mass is 16.4. The number of fused-ring (bicyclic) bond motifs is 8. The maximum atomic E-state index is 11.7. The molecule has 0 unspecified atom stereocenters. The molecule has 7 heteroatoms. The second-order valence-corrected chi connectivity index (χ2v) is 6.67. The molecule has 6 N–H and O–H groups in total. The van der Waals surface area contributed by atoms with E-state index in [1.807, 2.05) is 48.6 Å². The zero-order valence-electron chi connectivity index (χ0n) is 14.6. The fourth-order valence-electron chi connectivity index (χ4n) is 3.40. The summed E-state index contributed by atoms with van der Waals surface area (Å²) in [5.41, 5.74) is 3.04. The molecule has 0 atom stereocenters. The average Bonchev–Trinajstić information content (AvgIpc) is 3.40. The lowest BCUT2D eigenvalue weighted by atomic mass is 10.2. The minimum absolute atomic E-state index is 0.164. The summed E-state index contributed by atoms with van der Waals surface area (Å²) in [4.78, 5) is 24.5. The molecule has 5 rings (SSSR count). The van der Waals surface area contributed by atoms with Gasteiger partial charge in [-0.3, -0.25) is 0 Å². The standard InChI is InChI=1S/C21H16N4O3/c26-20-18-10-16-6-4-14(24-16)8-12-2-1-11(22-12)7-13-3-5-15(23-13)9-17(25-18)19(20)21(27)28/h1-10,22-26H,(H,27,28). The Hall–Kier alpha value is -4.13.